The van der Waals surface area contributed by atoms with Gasteiger partial charge in [0, 0.05) is 37.6 Å². The largest absolute Gasteiger partial charge is 0.482 e. The van der Waals surface area contributed by atoms with Gasteiger partial charge in [-0.15, -0.1) is 0 Å². The van der Waals surface area contributed by atoms with Gasteiger partial charge < -0.3 is 20.3 Å². The van der Waals surface area contributed by atoms with Crippen LogP contribution in [0.1, 0.15) is 22.0 Å². The van der Waals surface area contributed by atoms with Gasteiger partial charge in [0.15, 0.2) is 6.61 Å². The summed E-state index contributed by atoms with van der Waals surface area (Å²) < 4.78 is 5.42. The number of hydrogen-bond donors (Lipinski definition) is 2. The summed E-state index contributed by atoms with van der Waals surface area (Å²) in [5, 5.41) is 6.06. The summed E-state index contributed by atoms with van der Waals surface area (Å²) in [4.78, 5) is 30.5. The van der Waals surface area contributed by atoms with Crippen molar-refractivity contribution in [3.8, 4) is 5.75 Å². The molecule has 7 heteroatoms. The molecule has 128 valence electrons. The normalized spacial score (nSPS) is 19.6. The first-order valence-corrected chi connectivity index (χ1v) is 8.21. The Bertz CT molecular complexity index is 809. The van der Waals surface area contributed by atoms with Crippen LogP contribution in [0, 0.1) is 0 Å². The minimum absolute atomic E-state index is 0.0312. The van der Waals surface area contributed by atoms with Gasteiger partial charge in [-0.1, -0.05) is 6.07 Å². The Balaban J connectivity index is 1.61. The molecule has 2 aliphatic heterocycles. The molecule has 3 heterocycles. The molecule has 2 N–H and O–H groups in total. The zero-order valence-electron chi connectivity index (χ0n) is 13.6. The van der Waals surface area contributed by atoms with Gasteiger partial charge in [0.1, 0.15) is 5.75 Å². The molecule has 4 rings (SSSR count). The van der Waals surface area contributed by atoms with Crippen molar-refractivity contribution in [3.63, 3.8) is 0 Å². The lowest BCUT2D eigenvalue weighted by molar-refractivity contribution is -0.118. The van der Waals surface area contributed by atoms with Gasteiger partial charge in [0.2, 0.25) is 0 Å². The molecule has 0 radical (unpaired) electrons. The first-order chi connectivity index (χ1) is 12.2. The lowest BCUT2D eigenvalue weighted by atomic mass is 10.0. The molecule has 1 aromatic carbocycles. The summed E-state index contributed by atoms with van der Waals surface area (Å²) >= 11 is 0. The van der Waals surface area contributed by atoms with Crippen LogP contribution in [-0.2, 0) is 4.79 Å². The van der Waals surface area contributed by atoms with E-state index in [2.05, 4.69) is 15.6 Å². The summed E-state index contributed by atoms with van der Waals surface area (Å²) in [6.07, 6.45) is 3.52. The Morgan fingerprint density at radius 2 is 2.24 bits per heavy atom. The predicted octanol–water partition coefficient (Wildman–Crippen LogP) is 1.20. The first-order valence-electron chi connectivity index (χ1n) is 8.21. The number of benzene rings is 1. The van der Waals surface area contributed by atoms with E-state index in [1.54, 1.807) is 30.6 Å². The minimum Gasteiger partial charge on any atom is -0.482 e. The molecular weight excluding hydrogens is 320 g/mol. The lowest BCUT2D eigenvalue weighted by Crippen LogP contribution is -2.48. The molecular formula is C18H18N4O3. The predicted molar refractivity (Wildman–Crippen MR) is 91.5 cm³/mol. The molecule has 7 nitrogen and oxygen atoms in total. The van der Waals surface area contributed by atoms with Crippen molar-refractivity contribution in [2.24, 2.45) is 0 Å². The van der Waals surface area contributed by atoms with Gasteiger partial charge in [0.05, 0.1) is 11.7 Å². The highest BCUT2D eigenvalue weighted by molar-refractivity contribution is 5.99. The molecule has 1 unspecified atom stereocenters. The average Bonchev–Trinajstić information content (AvgIpc) is 2.67. The summed E-state index contributed by atoms with van der Waals surface area (Å²) in [6.45, 7) is 2.03. The van der Waals surface area contributed by atoms with Gasteiger partial charge in [-0.2, -0.15) is 0 Å². The van der Waals surface area contributed by atoms with Gasteiger partial charge in [-0.3, -0.25) is 14.6 Å². The number of nitrogens with one attached hydrogen (secondary N) is 2. The fourth-order valence-electron chi connectivity index (χ4n) is 3.19. The molecule has 2 aromatic rings. The molecule has 1 fully saturated rings. The zero-order chi connectivity index (χ0) is 17.2. The number of pyridine rings is 1. The number of carbonyl (C=O) groups excluding carboxylic acids is 2. The van der Waals surface area contributed by atoms with Gasteiger partial charge >= 0.3 is 0 Å². The highest BCUT2D eigenvalue weighted by Gasteiger charge is 2.29. The maximum atomic E-state index is 13.1. The molecule has 25 heavy (non-hydrogen) atoms. The number of rotatable bonds is 2. The Hall–Kier alpha value is -2.93. The summed E-state index contributed by atoms with van der Waals surface area (Å²) in [5.74, 6) is 0.280. The third kappa shape index (κ3) is 3.06. The number of ether oxygens (including phenoxy) is 1. The van der Waals surface area contributed by atoms with Gasteiger partial charge in [0.25, 0.3) is 11.8 Å². The van der Waals surface area contributed by atoms with Gasteiger partial charge in [-0.05, 0) is 29.8 Å². The third-order valence-electron chi connectivity index (χ3n) is 4.43. The quantitative estimate of drug-likeness (QED) is 0.860. The average molecular weight is 338 g/mol. The molecule has 0 bridgehead atoms. The van der Waals surface area contributed by atoms with Crippen LogP contribution in [0.2, 0.25) is 0 Å². The van der Waals surface area contributed by atoms with Crippen LogP contribution < -0.4 is 15.4 Å². The molecule has 1 saturated heterocycles. The van der Waals surface area contributed by atoms with E-state index in [1.807, 2.05) is 17.0 Å². The van der Waals surface area contributed by atoms with E-state index in [-0.39, 0.29) is 24.5 Å². The van der Waals surface area contributed by atoms with E-state index in [1.165, 1.54) is 0 Å². The van der Waals surface area contributed by atoms with Crippen LogP contribution in [0.3, 0.4) is 0 Å². The summed E-state index contributed by atoms with van der Waals surface area (Å²) in [6, 6.07) is 8.92. The maximum absolute atomic E-state index is 13.1. The topological polar surface area (TPSA) is 83.6 Å². The zero-order valence-corrected chi connectivity index (χ0v) is 13.6. The Morgan fingerprint density at radius 3 is 3.08 bits per heavy atom. The summed E-state index contributed by atoms with van der Waals surface area (Å²) in [5.41, 5.74) is 2.15. The van der Waals surface area contributed by atoms with Crippen molar-refractivity contribution in [1.82, 2.24) is 15.2 Å². The number of aromatic nitrogens is 1. The van der Waals surface area contributed by atoms with Crippen LogP contribution in [0.15, 0.2) is 42.7 Å². The van der Waals surface area contributed by atoms with Crippen molar-refractivity contribution in [2.45, 2.75) is 6.04 Å². The fourth-order valence-corrected chi connectivity index (χ4v) is 3.19. The number of fused-ring (bicyclic) bond motifs is 1. The van der Waals surface area contributed by atoms with Crippen LogP contribution >= 0.6 is 0 Å². The molecule has 2 amide bonds. The standard InChI is InChI=1S/C18H18N4O3/c23-17-11-25-16-8-12(3-4-14(16)21-17)18(24)22-7-6-20-10-15(22)13-2-1-5-19-9-13/h1-5,8-9,15,20H,6-7,10-11H2,(H,21,23). The van der Waals surface area contributed by atoms with E-state index < -0.39 is 0 Å². The third-order valence-corrected chi connectivity index (χ3v) is 4.43. The van der Waals surface area contributed by atoms with Crippen LogP contribution in [0.25, 0.3) is 0 Å². The highest BCUT2D eigenvalue weighted by Crippen LogP contribution is 2.30. The van der Waals surface area contributed by atoms with Crippen molar-refractivity contribution < 1.29 is 14.3 Å². The fraction of sp³-hybridized carbons (Fsp3) is 0.278. The number of amides is 2. The monoisotopic (exact) mass is 338 g/mol. The van der Waals surface area contributed by atoms with Crippen LogP contribution in [-0.4, -0.2) is 47.9 Å². The molecule has 0 spiro atoms. The molecule has 2 aliphatic rings. The SMILES string of the molecule is O=C1COc2cc(C(=O)N3CCNCC3c3cccnc3)ccc2N1. The second-order valence-electron chi connectivity index (χ2n) is 6.05. The van der Waals surface area contributed by atoms with Crippen LogP contribution in [0.4, 0.5) is 5.69 Å². The second kappa shape index (κ2) is 6.52. The van der Waals surface area contributed by atoms with Crippen LogP contribution in [0.5, 0.6) is 5.75 Å². The van der Waals surface area contributed by atoms with Crippen molar-refractivity contribution >= 4 is 17.5 Å². The van der Waals surface area contributed by atoms with Crippen molar-refractivity contribution in [2.75, 3.05) is 31.6 Å². The molecule has 0 aliphatic carbocycles. The van der Waals surface area contributed by atoms with E-state index in [0.29, 0.717) is 30.1 Å². The van der Waals surface area contributed by atoms with Gasteiger partial charge in [-0.25, -0.2) is 0 Å². The van der Waals surface area contributed by atoms with E-state index in [4.69, 9.17) is 4.74 Å². The Labute approximate surface area is 145 Å². The second-order valence-corrected chi connectivity index (χ2v) is 6.05. The highest BCUT2D eigenvalue weighted by atomic mass is 16.5. The molecule has 1 aromatic heterocycles. The Morgan fingerprint density at radius 1 is 1.32 bits per heavy atom. The lowest BCUT2D eigenvalue weighted by Gasteiger charge is -2.36. The Kier molecular flexibility index (Phi) is 4.07. The summed E-state index contributed by atoms with van der Waals surface area (Å²) in [7, 11) is 0. The maximum Gasteiger partial charge on any atom is 0.262 e. The van der Waals surface area contributed by atoms with E-state index in [0.717, 1.165) is 12.1 Å². The van der Waals surface area contributed by atoms with Crippen molar-refractivity contribution in [1.29, 1.82) is 0 Å². The number of carbonyl (C=O) groups is 2. The number of piperazine rings is 1. The number of hydrogen-bond acceptors (Lipinski definition) is 5. The van der Waals surface area contributed by atoms with E-state index >= 15 is 0 Å². The van der Waals surface area contributed by atoms with E-state index in [9.17, 15) is 9.59 Å². The minimum atomic E-state index is -0.190. The number of nitrogens with zero attached hydrogens (tertiary/aromatic N) is 2. The first kappa shape index (κ1) is 15.6. The van der Waals surface area contributed by atoms with Crippen molar-refractivity contribution in [3.05, 3.63) is 53.9 Å². The number of anilines is 1. The molecule has 0 saturated carbocycles. The smallest absolute Gasteiger partial charge is 0.262 e. The molecule has 1 atom stereocenters.